The minimum atomic E-state index is -0.441. The summed E-state index contributed by atoms with van der Waals surface area (Å²) < 4.78 is 12.7. The highest BCUT2D eigenvalue weighted by atomic mass is 79.9. The van der Waals surface area contributed by atoms with E-state index >= 15 is 0 Å². The zero-order valence-corrected chi connectivity index (χ0v) is 20.0. The molecule has 4 aliphatic carbocycles. The number of benzene rings is 2. The monoisotopic (exact) mass is 485 g/mol. The molecule has 4 saturated carbocycles. The lowest BCUT2D eigenvalue weighted by atomic mass is 9.51. The van der Waals surface area contributed by atoms with Crippen LogP contribution in [-0.4, -0.2) is 23.4 Å². The van der Waals surface area contributed by atoms with Crippen molar-refractivity contribution in [3.8, 4) is 11.5 Å². The van der Waals surface area contributed by atoms with Crippen molar-refractivity contribution in [1.82, 2.24) is 5.32 Å². The highest BCUT2D eigenvalue weighted by Crippen LogP contribution is 2.57. The molecular formula is C26H32BrNO3. The van der Waals surface area contributed by atoms with Gasteiger partial charge in [-0.15, -0.1) is 0 Å². The van der Waals surface area contributed by atoms with E-state index in [9.17, 15) is 5.11 Å². The standard InChI is InChI=1S/C26H32BrNO3/c1-17-3-5-18(6-4-17)15-31-24-22(27)8-19(9-23(24)30-2)14-28-25-10-20-7-21(11-25)13-26(29,12-20)16-25/h3-6,8-9,20-21,28-29H,7,10-16H2,1-2H3. The van der Waals surface area contributed by atoms with Crippen LogP contribution in [0.3, 0.4) is 0 Å². The normalized spacial score (nSPS) is 31.1. The van der Waals surface area contributed by atoms with Gasteiger partial charge < -0.3 is 19.9 Å². The summed E-state index contributed by atoms with van der Waals surface area (Å²) in [5, 5.41) is 14.9. The second kappa shape index (κ2) is 8.09. The van der Waals surface area contributed by atoms with Gasteiger partial charge in [-0.1, -0.05) is 29.8 Å². The zero-order chi connectivity index (χ0) is 21.6. The van der Waals surface area contributed by atoms with E-state index in [2.05, 4.69) is 64.6 Å². The first kappa shape index (κ1) is 21.3. The number of rotatable bonds is 7. The highest BCUT2D eigenvalue weighted by Gasteiger charge is 2.56. The second-order valence-corrected chi connectivity index (χ2v) is 11.1. The van der Waals surface area contributed by atoms with Crippen molar-refractivity contribution in [2.75, 3.05) is 7.11 Å². The molecule has 2 unspecified atom stereocenters. The molecule has 4 nitrogen and oxygen atoms in total. The van der Waals surface area contributed by atoms with Gasteiger partial charge in [0, 0.05) is 12.1 Å². The smallest absolute Gasteiger partial charge is 0.175 e. The van der Waals surface area contributed by atoms with Crippen molar-refractivity contribution in [3.05, 3.63) is 57.6 Å². The van der Waals surface area contributed by atoms with Crippen molar-refractivity contribution < 1.29 is 14.6 Å². The summed E-state index contributed by atoms with van der Waals surface area (Å²) in [5.74, 6) is 2.83. The Morgan fingerprint density at radius 3 is 2.42 bits per heavy atom. The summed E-state index contributed by atoms with van der Waals surface area (Å²) in [6.07, 6.45) is 6.59. The summed E-state index contributed by atoms with van der Waals surface area (Å²) in [6, 6.07) is 12.6. The van der Waals surface area contributed by atoms with E-state index in [1.165, 1.54) is 24.8 Å². The quantitative estimate of drug-likeness (QED) is 0.541. The van der Waals surface area contributed by atoms with E-state index in [0.29, 0.717) is 18.4 Å². The van der Waals surface area contributed by atoms with Crippen molar-refractivity contribution in [2.24, 2.45) is 11.8 Å². The minimum Gasteiger partial charge on any atom is -0.493 e. The molecule has 2 aromatic carbocycles. The maximum atomic E-state index is 11.0. The van der Waals surface area contributed by atoms with E-state index in [1.54, 1.807) is 7.11 Å². The largest absolute Gasteiger partial charge is 0.493 e. The minimum absolute atomic E-state index is 0.0825. The van der Waals surface area contributed by atoms with Crippen LogP contribution >= 0.6 is 15.9 Å². The average Bonchev–Trinajstić information content (AvgIpc) is 2.70. The van der Waals surface area contributed by atoms with E-state index in [4.69, 9.17) is 9.47 Å². The summed E-state index contributed by atoms with van der Waals surface area (Å²) >= 11 is 3.69. The third kappa shape index (κ3) is 4.37. The molecule has 0 spiro atoms. The van der Waals surface area contributed by atoms with Gasteiger partial charge in [-0.3, -0.25) is 0 Å². The Kier molecular flexibility index (Phi) is 5.56. The molecule has 0 heterocycles. The van der Waals surface area contributed by atoms with E-state index in [0.717, 1.165) is 52.9 Å². The van der Waals surface area contributed by atoms with Crippen LogP contribution in [-0.2, 0) is 13.2 Å². The molecule has 4 fully saturated rings. The summed E-state index contributed by atoms with van der Waals surface area (Å²) in [6.45, 7) is 3.35. The van der Waals surface area contributed by atoms with Gasteiger partial charge in [-0.2, -0.15) is 0 Å². The van der Waals surface area contributed by atoms with Crippen LogP contribution in [0.15, 0.2) is 40.9 Å². The van der Waals surface area contributed by atoms with Gasteiger partial charge in [-0.25, -0.2) is 0 Å². The van der Waals surface area contributed by atoms with E-state index < -0.39 is 5.60 Å². The maximum Gasteiger partial charge on any atom is 0.175 e. The molecule has 5 heteroatoms. The number of hydrogen-bond donors (Lipinski definition) is 2. The number of methoxy groups -OCH3 is 1. The van der Waals surface area contributed by atoms with Crippen LogP contribution in [0.1, 0.15) is 55.2 Å². The lowest BCUT2D eigenvalue weighted by Gasteiger charge is -2.60. The molecule has 31 heavy (non-hydrogen) atoms. The summed E-state index contributed by atoms with van der Waals surface area (Å²) in [4.78, 5) is 0. The van der Waals surface area contributed by atoms with Crippen molar-refractivity contribution in [3.63, 3.8) is 0 Å². The third-order valence-corrected chi connectivity index (χ3v) is 8.08. The Hall–Kier alpha value is -1.56. The fourth-order valence-corrected chi connectivity index (χ4v) is 7.17. The molecule has 166 valence electrons. The molecule has 2 atom stereocenters. The van der Waals surface area contributed by atoms with Crippen LogP contribution in [0.25, 0.3) is 0 Å². The number of hydrogen-bond acceptors (Lipinski definition) is 4. The molecule has 2 aromatic rings. The molecule has 0 aliphatic heterocycles. The topological polar surface area (TPSA) is 50.7 Å². The molecule has 0 radical (unpaired) electrons. The van der Waals surface area contributed by atoms with Gasteiger partial charge in [-0.05, 0) is 96.5 Å². The number of aliphatic hydroxyl groups is 1. The first-order valence-electron chi connectivity index (χ1n) is 11.4. The van der Waals surface area contributed by atoms with Crippen LogP contribution in [0.2, 0.25) is 0 Å². The fourth-order valence-electron chi connectivity index (χ4n) is 6.57. The molecule has 6 rings (SSSR count). The van der Waals surface area contributed by atoms with Crippen LogP contribution in [0.4, 0.5) is 0 Å². The van der Waals surface area contributed by atoms with Crippen molar-refractivity contribution in [2.45, 2.75) is 69.7 Å². The molecule has 0 aromatic heterocycles. The number of nitrogens with one attached hydrogen (secondary N) is 1. The van der Waals surface area contributed by atoms with Crippen molar-refractivity contribution >= 4 is 15.9 Å². The fraction of sp³-hybridized carbons (Fsp3) is 0.538. The van der Waals surface area contributed by atoms with Crippen LogP contribution in [0.5, 0.6) is 11.5 Å². The Bertz CT molecular complexity index is 944. The van der Waals surface area contributed by atoms with Crippen molar-refractivity contribution in [1.29, 1.82) is 0 Å². The lowest BCUT2D eigenvalue weighted by molar-refractivity contribution is -0.142. The predicted octanol–water partition coefficient (Wildman–Crippen LogP) is 5.52. The summed E-state index contributed by atoms with van der Waals surface area (Å²) in [5.41, 5.74) is 3.17. The van der Waals surface area contributed by atoms with Crippen LogP contribution < -0.4 is 14.8 Å². The first-order valence-corrected chi connectivity index (χ1v) is 12.2. The third-order valence-electron chi connectivity index (χ3n) is 7.49. The Morgan fingerprint density at radius 1 is 1.06 bits per heavy atom. The maximum absolute atomic E-state index is 11.0. The molecular weight excluding hydrogens is 454 g/mol. The molecule has 4 aliphatic rings. The molecule has 2 N–H and O–H groups in total. The van der Waals surface area contributed by atoms with Crippen LogP contribution in [0, 0.1) is 18.8 Å². The second-order valence-electron chi connectivity index (χ2n) is 10.2. The lowest BCUT2D eigenvalue weighted by Crippen LogP contribution is -2.64. The summed E-state index contributed by atoms with van der Waals surface area (Å²) in [7, 11) is 1.69. The number of aryl methyl sites for hydroxylation is 1. The number of ether oxygens (including phenoxy) is 2. The Labute approximate surface area is 193 Å². The van der Waals surface area contributed by atoms with Gasteiger partial charge in [0.25, 0.3) is 0 Å². The average molecular weight is 486 g/mol. The Morgan fingerprint density at radius 2 is 1.77 bits per heavy atom. The van der Waals surface area contributed by atoms with Gasteiger partial charge in [0.1, 0.15) is 6.61 Å². The van der Waals surface area contributed by atoms with Gasteiger partial charge in [0.15, 0.2) is 11.5 Å². The first-order chi connectivity index (χ1) is 14.9. The molecule has 4 bridgehead atoms. The molecule has 0 amide bonds. The highest BCUT2D eigenvalue weighted by molar-refractivity contribution is 9.10. The van der Waals surface area contributed by atoms with Gasteiger partial charge >= 0.3 is 0 Å². The van der Waals surface area contributed by atoms with Gasteiger partial charge in [0.2, 0.25) is 0 Å². The molecule has 0 saturated heterocycles. The van der Waals surface area contributed by atoms with Gasteiger partial charge in [0.05, 0.1) is 17.2 Å². The van der Waals surface area contributed by atoms with E-state index in [1.807, 2.05) is 0 Å². The number of halogens is 1. The van der Waals surface area contributed by atoms with E-state index in [-0.39, 0.29) is 5.54 Å². The predicted molar refractivity (Wildman–Crippen MR) is 125 cm³/mol. The SMILES string of the molecule is COc1cc(CNC23CC4CC(CC(O)(C4)C2)C3)cc(Br)c1OCc1ccc(C)cc1. The Balaban J connectivity index is 1.28. The zero-order valence-electron chi connectivity index (χ0n) is 18.4.